The summed E-state index contributed by atoms with van der Waals surface area (Å²) in [5.74, 6) is 0.923. The molecule has 0 aliphatic rings. The number of likely N-dealkylation sites (N-methyl/N-ethyl adjacent to an activating group) is 1. The quantitative estimate of drug-likeness (QED) is 0.801. The average Bonchev–Trinajstić information content (AvgIpc) is 2.61. The summed E-state index contributed by atoms with van der Waals surface area (Å²) in [6.07, 6.45) is 0. The van der Waals surface area contributed by atoms with Crippen molar-refractivity contribution in [1.82, 2.24) is 10.2 Å². The molecule has 0 aliphatic heterocycles. The Morgan fingerprint density at radius 1 is 1.12 bits per heavy atom. The summed E-state index contributed by atoms with van der Waals surface area (Å²) >= 11 is 0. The van der Waals surface area contributed by atoms with E-state index in [4.69, 9.17) is 4.74 Å². The number of hydrogen-bond donors (Lipinski definition) is 1. The topological polar surface area (TPSA) is 41.6 Å². The molecule has 0 saturated carbocycles. The van der Waals surface area contributed by atoms with Crippen molar-refractivity contribution in [1.29, 1.82) is 0 Å². The predicted octanol–water partition coefficient (Wildman–Crippen LogP) is 3.32. The highest BCUT2D eigenvalue weighted by Gasteiger charge is 2.17. The Kier molecular flexibility index (Phi) is 7.02. The van der Waals surface area contributed by atoms with E-state index < -0.39 is 0 Å². The summed E-state index contributed by atoms with van der Waals surface area (Å²) in [6.45, 7) is 7.79. The van der Waals surface area contributed by atoms with Gasteiger partial charge in [0.15, 0.2) is 0 Å². The summed E-state index contributed by atoms with van der Waals surface area (Å²) < 4.78 is 5.80. The van der Waals surface area contributed by atoms with E-state index in [1.165, 1.54) is 5.56 Å². The Morgan fingerprint density at radius 3 is 2.48 bits per heavy atom. The number of ether oxygens (including phenoxy) is 1. The fourth-order valence-corrected chi connectivity index (χ4v) is 2.45. The van der Waals surface area contributed by atoms with Gasteiger partial charge in [0.2, 0.25) is 5.91 Å². The van der Waals surface area contributed by atoms with Crippen LogP contribution in [0.15, 0.2) is 48.5 Å². The van der Waals surface area contributed by atoms with Crippen LogP contribution in [-0.2, 0) is 11.3 Å². The number of para-hydroxylation sites is 1. The average molecular weight is 340 g/mol. The fourth-order valence-electron chi connectivity index (χ4n) is 2.45. The molecule has 134 valence electrons. The minimum Gasteiger partial charge on any atom is -0.492 e. The molecule has 0 heterocycles. The maximum absolute atomic E-state index is 12.3. The van der Waals surface area contributed by atoms with Crippen LogP contribution >= 0.6 is 0 Å². The Bertz CT molecular complexity index is 683. The van der Waals surface area contributed by atoms with Crippen LogP contribution in [0.25, 0.3) is 0 Å². The molecule has 2 aromatic carbocycles. The lowest BCUT2D eigenvalue weighted by Gasteiger charge is -2.24. The van der Waals surface area contributed by atoms with Crippen LogP contribution in [0.1, 0.15) is 23.6 Å². The van der Waals surface area contributed by atoms with Gasteiger partial charge in [0.1, 0.15) is 12.4 Å². The third-order valence-electron chi connectivity index (χ3n) is 4.42. The van der Waals surface area contributed by atoms with Gasteiger partial charge in [-0.3, -0.25) is 9.69 Å². The number of benzene rings is 2. The molecular formula is C21H28N2O2. The van der Waals surface area contributed by atoms with Crippen molar-refractivity contribution in [3.63, 3.8) is 0 Å². The molecule has 1 atom stereocenters. The van der Waals surface area contributed by atoms with Crippen LogP contribution in [0, 0.1) is 13.8 Å². The largest absolute Gasteiger partial charge is 0.492 e. The highest BCUT2D eigenvalue weighted by Crippen LogP contribution is 2.15. The minimum atomic E-state index is -0.203. The van der Waals surface area contributed by atoms with Crippen molar-refractivity contribution in [3.05, 3.63) is 65.2 Å². The normalized spacial score (nSPS) is 12.0. The van der Waals surface area contributed by atoms with Crippen molar-refractivity contribution in [2.75, 3.05) is 20.2 Å². The van der Waals surface area contributed by atoms with Crippen molar-refractivity contribution in [3.8, 4) is 5.75 Å². The van der Waals surface area contributed by atoms with Gasteiger partial charge in [0.25, 0.3) is 0 Å². The third kappa shape index (κ3) is 5.91. The maximum atomic E-state index is 12.3. The first-order valence-corrected chi connectivity index (χ1v) is 8.69. The second-order valence-corrected chi connectivity index (χ2v) is 6.47. The van der Waals surface area contributed by atoms with Crippen molar-refractivity contribution in [2.45, 2.75) is 33.4 Å². The third-order valence-corrected chi connectivity index (χ3v) is 4.42. The number of nitrogens with zero attached hydrogens (tertiary/aromatic N) is 1. The Labute approximate surface area is 150 Å². The maximum Gasteiger partial charge on any atom is 0.237 e. The van der Waals surface area contributed by atoms with Crippen LogP contribution in [-0.4, -0.2) is 37.0 Å². The molecule has 0 unspecified atom stereocenters. The van der Waals surface area contributed by atoms with E-state index in [0.717, 1.165) is 16.9 Å². The molecule has 1 amide bonds. The van der Waals surface area contributed by atoms with Gasteiger partial charge >= 0.3 is 0 Å². The van der Waals surface area contributed by atoms with E-state index in [9.17, 15) is 4.79 Å². The summed E-state index contributed by atoms with van der Waals surface area (Å²) in [6, 6.07) is 15.9. The molecular weight excluding hydrogens is 312 g/mol. The van der Waals surface area contributed by atoms with Gasteiger partial charge in [0, 0.05) is 13.1 Å². The molecule has 4 nitrogen and oxygen atoms in total. The molecule has 0 radical (unpaired) electrons. The zero-order valence-corrected chi connectivity index (χ0v) is 15.6. The van der Waals surface area contributed by atoms with Gasteiger partial charge in [-0.15, -0.1) is 0 Å². The zero-order chi connectivity index (χ0) is 18.2. The van der Waals surface area contributed by atoms with E-state index in [-0.39, 0.29) is 11.9 Å². The molecule has 0 bridgehead atoms. The van der Waals surface area contributed by atoms with E-state index in [1.807, 2.05) is 62.2 Å². The van der Waals surface area contributed by atoms with E-state index >= 15 is 0 Å². The second-order valence-electron chi connectivity index (χ2n) is 6.47. The minimum absolute atomic E-state index is 0.0268. The second kappa shape index (κ2) is 9.23. The summed E-state index contributed by atoms with van der Waals surface area (Å²) in [5.41, 5.74) is 3.45. The van der Waals surface area contributed by atoms with Crippen molar-refractivity contribution < 1.29 is 9.53 Å². The first-order chi connectivity index (χ1) is 12.0. The lowest BCUT2D eigenvalue weighted by Crippen LogP contribution is -2.44. The van der Waals surface area contributed by atoms with Gasteiger partial charge in [-0.2, -0.15) is 0 Å². The highest BCUT2D eigenvalue weighted by molar-refractivity contribution is 5.81. The van der Waals surface area contributed by atoms with E-state index in [0.29, 0.717) is 19.7 Å². The first-order valence-electron chi connectivity index (χ1n) is 8.69. The van der Waals surface area contributed by atoms with Gasteiger partial charge in [-0.05, 0) is 45.0 Å². The molecule has 1 N–H and O–H groups in total. The number of nitrogens with one attached hydrogen (secondary N) is 1. The highest BCUT2D eigenvalue weighted by atomic mass is 16.5. The number of rotatable bonds is 8. The molecule has 2 aromatic rings. The molecule has 0 aromatic heterocycles. The van der Waals surface area contributed by atoms with Gasteiger partial charge in [0.05, 0.1) is 6.04 Å². The molecule has 4 heteroatoms. The number of carbonyl (C=O) groups is 1. The summed E-state index contributed by atoms with van der Waals surface area (Å²) in [5, 5.41) is 2.99. The van der Waals surface area contributed by atoms with Crippen LogP contribution in [0.2, 0.25) is 0 Å². The van der Waals surface area contributed by atoms with Crippen LogP contribution < -0.4 is 10.1 Å². The molecule has 0 spiro atoms. The number of carbonyl (C=O) groups excluding carboxylic acids is 1. The van der Waals surface area contributed by atoms with Crippen molar-refractivity contribution >= 4 is 5.91 Å². The first kappa shape index (κ1) is 19.0. The van der Waals surface area contributed by atoms with Crippen LogP contribution in [0.3, 0.4) is 0 Å². The summed E-state index contributed by atoms with van der Waals surface area (Å²) in [7, 11) is 1.94. The fraction of sp³-hybridized carbons (Fsp3) is 0.381. The molecule has 0 saturated heterocycles. The standard InChI is InChI=1S/C21H28N2O2/c1-16-9-11-19(12-10-16)15-22-21(24)18(3)23(4)13-14-25-20-8-6-5-7-17(20)2/h5-12,18H,13-15H2,1-4H3,(H,22,24)/t18-/m0/s1. The van der Waals surface area contributed by atoms with Gasteiger partial charge in [-0.1, -0.05) is 48.0 Å². The van der Waals surface area contributed by atoms with E-state index in [2.05, 4.69) is 24.4 Å². The predicted molar refractivity (Wildman–Crippen MR) is 102 cm³/mol. The number of hydrogen-bond acceptors (Lipinski definition) is 3. The zero-order valence-electron chi connectivity index (χ0n) is 15.6. The Balaban J connectivity index is 1.74. The van der Waals surface area contributed by atoms with Crippen LogP contribution in [0.5, 0.6) is 5.75 Å². The lowest BCUT2D eigenvalue weighted by atomic mass is 10.1. The van der Waals surface area contributed by atoms with Gasteiger partial charge < -0.3 is 10.1 Å². The van der Waals surface area contributed by atoms with Crippen LogP contribution in [0.4, 0.5) is 0 Å². The Hall–Kier alpha value is -2.33. The molecule has 0 aliphatic carbocycles. The van der Waals surface area contributed by atoms with Crippen molar-refractivity contribution in [2.24, 2.45) is 0 Å². The SMILES string of the molecule is Cc1ccc(CNC(=O)[C@H](C)N(C)CCOc2ccccc2C)cc1. The Morgan fingerprint density at radius 2 is 1.80 bits per heavy atom. The smallest absolute Gasteiger partial charge is 0.237 e. The van der Waals surface area contributed by atoms with Gasteiger partial charge in [-0.25, -0.2) is 0 Å². The number of amides is 1. The monoisotopic (exact) mass is 340 g/mol. The number of aryl methyl sites for hydroxylation is 2. The molecule has 25 heavy (non-hydrogen) atoms. The lowest BCUT2D eigenvalue weighted by molar-refractivity contribution is -0.125. The molecule has 2 rings (SSSR count). The van der Waals surface area contributed by atoms with E-state index in [1.54, 1.807) is 0 Å². The molecule has 0 fully saturated rings. The summed E-state index contributed by atoms with van der Waals surface area (Å²) in [4.78, 5) is 14.3.